The second-order valence-electron chi connectivity index (χ2n) is 5.19. The third-order valence-electron chi connectivity index (χ3n) is 3.68. The summed E-state index contributed by atoms with van der Waals surface area (Å²) >= 11 is 0. The quantitative estimate of drug-likeness (QED) is 0.880. The number of ether oxygens (including phenoxy) is 1. The highest BCUT2D eigenvalue weighted by Gasteiger charge is 2.14. The lowest BCUT2D eigenvalue weighted by atomic mass is 10.1. The Labute approximate surface area is 119 Å². The van der Waals surface area contributed by atoms with Crippen LogP contribution in [-0.4, -0.2) is 24.0 Å². The first-order valence-electron chi connectivity index (χ1n) is 6.99. The largest absolute Gasteiger partial charge is 0.497 e. The number of carbonyl (C=O) groups is 1. The standard InChI is InChI=1S/C16H22N2O2/c1-5-10(2)17-16(19)9-13-11(3)18-15-7-6-12(20-4)8-14(13)15/h6-8,10,18H,5,9H2,1-4H3,(H,17,19). The Hall–Kier alpha value is -1.97. The minimum atomic E-state index is 0.0613. The molecule has 0 bridgehead atoms. The third-order valence-corrected chi connectivity index (χ3v) is 3.68. The van der Waals surface area contributed by atoms with Crippen LogP contribution in [0.4, 0.5) is 0 Å². The molecular weight excluding hydrogens is 252 g/mol. The predicted molar refractivity (Wildman–Crippen MR) is 81.2 cm³/mol. The van der Waals surface area contributed by atoms with Gasteiger partial charge in [-0.1, -0.05) is 6.92 Å². The number of fused-ring (bicyclic) bond motifs is 1. The van der Waals surface area contributed by atoms with Crippen molar-refractivity contribution < 1.29 is 9.53 Å². The number of methoxy groups -OCH3 is 1. The molecule has 1 aromatic carbocycles. The van der Waals surface area contributed by atoms with Crippen LogP contribution >= 0.6 is 0 Å². The Morgan fingerprint density at radius 1 is 1.45 bits per heavy atom. The van der Waals surface area contributed by atoms with E-state index in [1.54, 1.807) is 7.11 Å². The molecule has 0 saturated heterocycles. The molecule has 20 heavy (non-hydrogen) atoms. The SMILES string of the molecule is CCC(C)NC(=O)Cc1c(C)[nH]c2ccc(OC)cc12. The van der Waals surface area contributed by atoms with Gasteiger partial charge in [-0.25, -0.2) is 0 Å². The summed E-state index contributed by atoms with van der Waals surface area (Å²) < 4.78 is 5.26. The van der Waals surface area contributed by atoms with Crippen molar-refractivity contribution in [3.05, 3.63) is 29.5 Å². The van der Waals surface area contributed by atoms with Crippen molar-refractivity contribution in [3.8, 4) is 5.75 Å². The molecule has 0 saturated carbocycles. The van der Waals surface area contributed by atoms with Crippen LogP contribution < -0.4 is 10.1 Å². The lowest BCUT2D eigenvalue weighted by Gasteiger charge is -2.11. The smallest absolute Gasteiger partial charge is 0.224 e. The van der Waals surface area contributed by atoms with Crippen LogP contribution in [0.15, 0.2) is 18.2 Å². The Morgan fingerprint density at radius 2 is 2.20 bits per heavy atom. The van der Waals surface area contributed by atoms with E-state index in [1.165, 1.54) is 0 Å². The van der Waals surface area contributed by atoms with Crippen molar-refractivity contribution in [2.24, 2.45) is 0 Å². The van der Waals surface area contributed by atoms with Crippen LogP contribution in [0.1, 0.15) is 31.5 Å². The van der Waals surface area contributed by atoms with Crippen LogP contribution in [0, 0.1) is 6.92 Å². The summed E-state index contributed by atoms with van der Waals surface area (Å²) in [7, 11) is 1.65. The van der Waals surface area contributed by atoms with Crippen molar-refractivity contribution in [1.29, 1.82) is 0 Å². The van der Waals surface area contributed by atoms with E-state index < -0.39 is 0 Å². The molecule has 0 aliphatic heterocycles. The number of nitrogens with one attached hydrogen (secondary N) is 2. The van der Waals surface area contributed by atoms with Gasteiger partial charge in [0.1, 0.15) is 5.75 Å². The fourth-order valence-electron chi connectivity index (χ4n) is 2.30. The van der Waals surface area contributed by atoms with Crippen molar-refractivity contribution >= 4 is 16.8 Å². The van der Waals surface area contributed by atoms with E-state index in [1.807, 2.05) is 32.0 Å². The number of H-pyrrole nitrogens is 1. The molecule has 1 aromatic heterocycles. The summed E-state index contributed by atoms with van der Waals surface area (Å²) in [5.41, 5.74) is 3.11. The number of aromatic nitrogens is 1. The fourth-order valence-corrected chi connectivity index (χ4v) is 2.30. The van der Waals surface area contributed by atoms with Gasteiger partial charge in [0.15, 0.2) is 0 Å². The molecule has 0 fully saturated rings. The lowest BCUT2D eigenvalue weighted by molar-refractivity contribution is -0.121. The van der Waals surface area contributed by atoms with Crippen molar-refractivity contribution in [1.82, 2.24) is 10.3 Å². The molecule has 1 atom stereocenters. The molecule has 2 rings (SSSR count). The van der Waals surface area contributed by atoms with E-state index in [0.717, 1.165) is 34.3 Å². The molecule has 0 spiro atoms. The molecule has 1 heterocycles. The second kappa shape index (κ2) is 5.99. The molecule has 0 radical (unpaired) electrons. The predicted octanol–water partition coefficient (Wildman–Crippen LogP) is 2.94. The van der Waals surface area contributed by atoms with Gasteiger partial charge in [0.25, 0.3) is 0 Å². The van der Waals surface area contributed by atoms with Crippen LogP contribution in [0.25, 0.3) is 10.9 Å². The van der Waals surface area contributed by atoms with E-state index in [9.17, 15) is 4.79 Å². The molecule has 4 nitrogen and oxygen atoms in total. The van der Waals surface area contributed by atoms with Crippen molar-refractivity contribution in [2.45, 2.75) is 39.7 Å². The average Bonchev–Trinajstić information content (AvgIpc) is 2.74. The van der Waals surface area contributed by atoms with Gasteiger partial charge in [0.05, 0.1) is 13.5 Å². The minimum absolute atomic E-state index is 0.0613. The second-order valence-corrected chi connectivity index (χ2v) is 5.19. The Morgan fingerprint density at radius 3 is 2.85 bits per heavy atom. The number of benzene rings is 1. The molecule has 1 unspecified atom stereocenters. The van der Waals surface area contributed by atoms with E-state index in [0.29, 0.717) is 6.42 Å². The number of rotatable bonds is 5. The first-order chi connectivity index (χ1) is 9.55. The van der Waals surface area contributed by atoms with Gasteiger partial charge < -0.3 is 15.0 Å². The minimum Gasteiger partial charge on any atom is -0.497 e. The van der Waals surface area contributed by atoms with Gasteiger partial charge in [-0.3, -0.25) is 4.79 Å². The van der Waals surface area contributed by atoms with Crippen LogP contribution in [0.3, 0.4) is 0 Å². The van der Waals surface area contributed by atoms with Gasteiger partial charge in [-0.15, -0.1) is 0 Å². The summed E-state index contributed by atoms with van der Waals surface area (Å²) in [5.74, 6) is 0.867. The highest BCUT2D eigenvalue weighted by Crippen LogP contribution is 2.26. The van der Waals surface area contributed by atoms with E-state index in [-0.39, 0.29) is 11.9 Å². The van der Waals surface area contributed by atoms with E-state index in [2.05, 4.69) is 17.2 Å². The highest BCUT2D eigenvalue weighted by molar-refractivity contribution is 5.91. The first kappa shape index (κ1) is 14.4. The summed E-state index contributed by atoms with van der Waals surface area (Å²) in [6.45, 7) is 6.08. The van der Waals surface area contributed by atoms with Crippen molar-refractivity contribution in [2.75, 3.05) is 7.11 Å². The molecule has 0 aliphatic carbocycles. The zero-order valence-electron chi connectivity index (χ0n) is 12.5. The zero-order chi connectivity index (χ0) is 14.7. The van der Waals surface area contributed by atoms with Crippen molar-refractivity contribution in [3.63, 3.8) is 0 Å². The number of hydrogen-bond acceptors (Lipinski definition) is 2. The normalized spacial score (nSPS) is 12.4. The topological polar surface area (TPSA) is 54.1 Å². The number of amides is 1. The van der Waals surface area contributed by atoms with Gasteiger partial charge in [-0.2, -0.15) is 0 Å². The summed E-state index contributed by atoms with van der Waals surface area (Å²) in [6, 6.07) is 6.09. The van der Waals surface area contributed by atoms with Gasteiger partial charge >= 0.3 is 0 Å². The van der Waals surface area contributed by atoms with Crippen LogP contribution in [-0.2, 0) is 11.2 Å². The fraction of sp³-hybridized carbons (Fsp3) is 0.438. The maximum atomic E-state index is 12.1. The van der Waals surface area contributed by atoms with Gasteiger partial charge in [0, 0.05) is 22.6 Å². The van der Waals surface area contributed by atoms with E-state index >= 15 is 0 Å². The number of aromatic amines is 1. The molecule has 2 N–H and O–H groups in total. The highest BCUT2D eigenvalue weighted by atomic mass is 16.5. The molecular formula is C16H22N2O2. The van der Waals surface area contributed by atoms with Crippen LogP contribution in [0.2, 0.25) is 0 Å². The molecule has 1 amide bonds. The molecule has 108 valence electrons. The van der Waals surface area contributed by atoms with Gasteiger partial charge in [0.2, 0.25) is 5.91 Å². The Kier molecular flexibility index (Phi) is 4.32. The maximum Gasteiger partial charge on any atom is 0.224 e. The summed E-state index contributed by atoms with van der Waals surface area (Å²) in [4.78, 5) is 15.4. The monoisotopic (exact) mass is 274 g/mol. The van der Waals surface area contributed by atoms with Gasteiger partial charge in [-0.05, 0) is 44.0 Å². The Balaban J connectivity index is 2.28. The number of aryl methyl sites for hydroxylation is 1. The molecule has 0 aliphatic rings. The molecule has 2 aromatic rings. The average molecular weight is 274 g/mol. The summed E-state index contributed by atoms with van der Waals surface area (Å²) in [5, 5.41) is 4.06. The van der Waals surface area contributed by atoms with Crippen LogP contribution in [0.5, 0.6) is 5.75 Å². The number of carbonyl (C=O) groups excluding carboxylic acids is 1. The van der Waals surface area contributed by atoms with E-state index in [4.69, 9.17) is 4.74 Å². The molecule has 4 heteroatoms. The summed E-state index contributed by atoms with van der Waals surface area (Å²) in [6.07, 6.45) is 1.33. The lowest BCUT2D eigenvalue weighted by Crippen LogP contribution is -2.33. The third kappa shape index (κ3) is 2.95. The number of hydrogen-bond donors (Lipinski definition) is 2. The zero-order valence-corrected chi connectivity index (χ0v) is 12.5. The first-order valence-corrected chi connectivity index (χ1v) is 6.99. The Bertz CT molecular complexity index is 616. The maximum absolute atomic E-state index is 12.1.